The number of alkyl carbamates (subject to hydrolysis) is 1. The molecular formula is C15H26N2O5. The minimum absolute atomic E-state index is 0.281. The Kier molecular flexibility index (Phi) is 6.20. The minimum Gasteiger partial charge on any atom is -0.464 e. The number of nitrogens with one attached hydrogen (secondary N) is 1. The number of carbonyl (C=O) groups is 3. The molecule has 7 nitrogen and oxygen atoms in total. The zero-order chi connectivity index (χ0) is 16.9. The molecular weight excluding hydrogens is 288 g/mol. The summed E-state index contributed by atoms with van der Waals surface area (Å²) in [7, 11) is 0. The molecule has 22 heavy (non-hydrogen) atoms. The van der Waals surface area contributed by atoms with Crippen LogP contribution in [-0.2, 0) is 19.1 Å². The number of likely N-dealkylation sites (tertiary alicyclic amines) is 1. The first kappa shape index (κ1) is 18.3. The Morgan fingerprint density at radius 1 is 1.32 bits per heavy atom. The van der Waals surface area contributed by atoms with E-state index in [2.05, 4.69) is 5.32 Å². The van der Waals surface area contributed by atoms with Gasteiger partial charge in [-0.2, -0.15) is 0 Å². The lowest BCUT2D eigenvalue weighted by molar-refractivity contribution is -0.153. The number of hydrogen-bond donors (Lipinski definition) is 1. The SMILES string of the molecule is CCOC(=O)[C@@H]1CCCN1C(=O)[C@H](C)NC(=O)OC(C)(C)C. The van der Waals surface area contributed by atoms with Gasteiger partial charge in [-0.3, -0.25) is 4.79 Å². The maximum atomic E-state index is 12.4. The third-order valence-corrected chi connectivity index (χ3v) is 3.20. The molecule has 0 radical (unpaired) electrons. The average Bonchev–Trinajstić information content (AvgIpc) is 2.84. The van der Waals surface area contributed by atoms with Crippen LogP contribution in [0, 0.1) is 0 Å². The molecule has 0 spiro atoms. The predicted octanol–water partition coefficient (Wildman–Crippen LogP) is 1.45. The van der Waals surface area contributed by atoms with Crippen molar-refractivity contribution in [2.45, 2.75) is 65.1 Å². The van der Waals surface area contributed by atoms with Gasteiger partial charge >= 0.3 is 12.1 Å². The highest BCUT2D eigenvalue weighted by atomic mass is 16.6. The van der Waals surface area contributed by atoms with Gasteiger partial charge in [-0.15, -0.1) is 0 Å². The zero-order valence-corrected chi connectivity index (χ0v) is 14.0. The lowest BCUT2D eigenvalue weighted by Gasteiger charge is -2.27. The van der Waals surface area contributed by atoms with Crippen molar-refractivity contribution in [2.24, 2.45) is 0 Å². The number of hydrogen-bond acceptors (Lipinski definition) is 5. The summed E-state index contributed by atoms with van der Waals surface area (Å²) in [6.07, 6.45) is 0.679. The van der Waals surface area contributed by atoms with Crippen LogP contribution in [0.4, 0.5) is 4.79 Å². The fraction of sp³-hybridized carbons (Fsp3) is 0.800. The molecule has 0 saturated carbocycles. The first-order valence-corrected chi connectivity index (χ1v) is 7.62. The van der Waals surface area contributed by atoms with Crippen molar-refractivity contribution in [3.63, 3.8) is 0 Å². The summed E-state index contributed by atoms with van der Waals surface area (Å²) in [5.41, 5.74) is -0.631. The van der Waals surface area contributed by atoms with Crippen LogP contribution in [0.15, 0.2) is 0 Å². The van der Waals surface area contributed by atoms with Crippen LogP contribution in [0.2, 0.25) is 0 Å². The number of amides is 2. The molecule has 0 aromatic heterocycles. The van der Waals surface area contributed by atoms with Gasteiger partial charge < -0.3 is 19.7 Å². The first-order chi connectivity index (χ1) is 10.2. The molecule has 0 unspecified atom stereocenters. The molecule has 126 valence electrons. The van der Waals surface area contributed by atoms with E-state index in [0.717, 1.165) is 6.42 Å². The van der Waals surface area contributed by atoms with E-state index in [1.165, 1.54) is 4.90 Å². The van der Waals surface area contributed by atoms with E-state index < -0.39 is 29.7 Å². The quantitative estimate of drug-likeness (QED) is 0.794. The van der Waals surface area contributed by atoms with Crippen molar-refractivity contribution < 1.29 is 23.9 Å². The normalized spacial score (nSPS) is 19.5. The number of carbonyl (C=O) groups excluding carboxylic acids is 3. The van der Waals surface area contributed by atoms with E-state index in [4.69, 9.17) is 9.47 Å². The van der Waals surface area contributed by atoms with Crippen molar-refractivity contribution in [1.82, 2.24) is 10.2 Å². The zero-order valence-electron chi connectivity index (χ0n) is 14.0. The number of ether oxygens (including phenoxy) is 2. The predicted molar refractivity (Wildman–Crippen MR) is 80.2 cm³/mol. The van der Waals surface area contributed by atoms with E-state index in [1.54, 1.807) is 34.6 Å². The minimum atomic E-state index is -0.759. The molecule has 1 rings (SSSR count). The van der Waals surface area contributed by atoms with Gasteiger partial charge in [0.25, 0.3) is 0 Å². The maximum absolute atomic E-state index is 12.4. The Morgan fingerprint density at radius 2 is 1.95 bits per heavy atom. The third-order valence-electron chi connectivity index (χ3n) is 3.20. The fourth-order valence-electron chi connectivity index (χ4n) is 2.31. The maximum Gasteiger partial charge on any atom is 0.408 e. The van der Waals surface area contributed by atoms with Crippen molar-refractivity contribution in [2.75, 3.05) is 13.2 Å². The molecule has 1 aliphatic heterocycles. The van der Waals surface area contributed by atoms with E-state index >= 15 is 0 Å². The van der Waals surface area contributed by atoms with Crippen LogP contribution in [0.3, 0.4) is 0 Å². The lowest BCUT2D eigenvalue weighted by Crippen LogP contribution is -2.51. The van der Waals surface area contributed by atoms with Gasteiger partial charge in [-0.05, 0) is 47.5 Å². The Labute approximate surface area is 131 Å². The van der Waals surface area contributed by atoms with Crippen LogP contribution in [0.1, 0.15) is 47.5 Å². The molecule has 1 saturated heterocycles. The van der Waals surface area contributed by atoms with Crippen molar-refractivity contribution in [3.8, 4) is 0 Å². The second-order valence-corrected chi connectivity index (χ2v) is 6.31. The summed E-state index contributed by atoms with van der Waals surface area (Å²) in [6.45, 7) is 9.31. The second-order valence-electron chi connectivity index (χ2n) is 6.31. The van der Waals surface area contributed by atoms with Gasteiger partial charge in [0.1, 0.15) is 17.7 Å². The summed E-state index contributed by atoms with van der Waals surface area (Å²) in [4.78, 5) is 37.5. The van der Waals surface area contributed by atoms with Crippen LogP contribution in [0.5, 0.6) is 0 Å². The van der Waals surface area contributed by atoms with E-state index in [1.807, 2.05) is 0 Å². The largest absolute Gasteiger partial charge is 0.464 e. The molecule has 0 aromatic rings. The monoisotopic (exact) mass is 314 g/mol. The molecule has 0 aliphatic carbocycles. The number of esters is 1. The van der Waals surface area contributed by atoms with E-state index in [9.17, 15) is 14.4 Å². The highest BCUT2D eigenvalue weighted by Crippen LogP contribution is 2.19. The molecule has 0 bridgehead atoms. The Balaban J connectivity index is 2.62. The topological polar surface area (TPSA) is 84.9 Å². The van der Waals surface area contributed by atoms with Crippen LogP contribution >= 0.6 is 0 Å². The van der Waals surface area contributed by atoms with Gasteiger partial charge in [-0.1, -0.05) is 0 Å². The first-order valence-electron chi connectivity index (χ1n) is 7.62. The summed E-state index contributed by atoms with van der Waals surface area (Å²) < 4.78 is 10.1. The summed E-state index contributed by atoms with van der Waals surface area (Å²) in [5.74, 6) is -0.695. The van der Waals surface area contributed by atoms with Crippen LogP contribution in [0.25, 0.3) is 0 Å². The molecule has 1 heterocycles. The van der Waals surface area contributed by atoms with Gasteiger partial charge in [0.05, 0.1) is 6.61 Å². The molecule has 1 aliphatic rings. The Hall–Kier alpha value is -1.79. The van der Waals surface area contributed by atoms with Crippen LogP contribution in [-0.4, -0.2) is 53.7 Å². The highest BCUT2D eigenvalue weighted by Gasteiger charge is 2.37. The van der Waals surface area contributed by atoms with Crippen molar-refractivity contribution in [1.29, 1.82) is 0 Å². The summed E-state index contributed by atoms with van der Waals surface area (Å²) in [6, 6.07) is -1.32. The summed E-state index contributed by atoms with van der Waals surface area (Å²) >= 11 is 0. The van der Waals surface area contributed by atoms with Crippen molar-refractivity contribution >= 4 is 18.0 Å². The standard InChI is InChI=1S/C15H26N2O5/c1-6-21-13(19)11-8-7-9-17(11)12(18)10(2)16-14(20)22-15(3,4)5/h10-11H,6-9H2,1-5H3,(H,16,20)/t10-,11-/m0/s1. The number of rotatable bonds is 4. The fourth-order valence-corrected chi connectivity index (χ4v) is 2.31. The van der Waals surface area contributed by atoms with Crippen LogP contribution < -0.4 is 5.32 Å². The van der Waals surface area contributed by atoms with E-state index in [0.29, 0.717) is 13.0 Å². The Morgan fingerprint density at radius 3 is 2.50 bits per heavy atom. The highest BCUT2D eigenvalue weighted by molar-refractivity contribution is 5.89. The molecule has 2 amide bonds. The molecule has 1 fully saturated rings. The van der Waals surface area contributed by atoms with Gasteiger partial charge in [0.15, 0.2) is 0 Å². The van der Waals surface area contributed by atoms with Crippen molar-refractivity contribution in [3.05, 3.63) is 0 Å². The smallest absolute Gasteiger partial charge is 0.408 e. The van der Waals surface area contributed by atoms with Gasteiger partial charge in [0.2, 0.25) is 5.91 Å². The van der Waals surface area contributed by atoms with Gasteiger partial charge in [-0.25, -0.2) is 9.59 Å². The average molecular weight is 314 g/mol. The third kappa shape index (κ3) is 5.20. The molecule has 7 heteroatoms. The molecule has 0 aromatic carbocycles. The molecule has 1 N–H and O–H groups in total. The summed E-state index contributed by atoms with van der Waals surface area (Å²) in [5, 5.41) is 2.50. The number of nitrogens with zero attached hydrogens (tertiary/aromatic N) is 1. The molecule has 2 atom stereocenters. The Bertz CT molecular complexity index is 430. The van der Waals surface area contributed by atoms with E-state index in [-0.39, 0.29) is 12.5 Å². The lowest BCUT2D eigenvalue weighted by atomic mass is 10.2. The second kappa shape index (κ2) is 7.47. The van der Waals surface area contributed by atoms with Gasteiger partial charge in [0, 0.05) is 6.54 Å².